The van der Waals surface area contributed by atoms with Gasteiger partial charge in [-0.05, 0) is 31.9 Å². The number of hydrogen-bond donors (Lipinski definition) is 0. The summed E-state index contributed by atoms with van der Waals surface area (Å²) in [5.41, 5.74) is 3.74. The monoisotopic (exact) mass is 190 g/mol. The van der Waals surface area contributed by atoms with Crippen molar-refractivity contribution in [2.45, 2.75) is 27.2 Å². The van der Waals surface area contributed by atoms with Gasteiger partial charge in [-0.3, -0.25) is 4.79 Å². The fourth-order valence-corrected chi connectivity index (χ4v) is 1.80. The first-order valence-electron chi connectivity index (χ1n) is 4.61. The second kappa shape index (κ2) is 4.18. The molecule has 0 unspecified atom stereocenters. The first-order valence-corrected chi connectivity index (χ1v) is 4.61. The van der Waals surface area contributed by atoms with Gasteiger partial charge in [-0.25, -0.2) is 0 Å². The van der Waals surface area contributed by atoms with Crippen molar-refractivity contribution in [3.63, 3.8) is 0 Å². The molecule has 2 nitrogen and oxygen atoms in total. The smallest absolute Gasteiger partial charge is 0.170 e. The van der Waals surface area contributed by atoms with E-state index >= 15 is 0 Å². The molecule has 0 amide bonds. The molecule has 0 bridgehead atoms. The van der Waals surface area contributed by atoms with Gasteiger partial charge in [0.05, 0.1) is 6.42 Å². The fraction of sp³-hybridized carbons (Fsp3) is 0.333. The van der Waals surface area contributed by atoms with Crippen molar-refractivity contribution in [3.8, 4) is 0 Å². The molecule has 2 heteroatoms. The SMILES string of the molecule is Cc1cc(C)c(C(=O)CC=O)c(C)c1. The number of carbonyl (C=O) groups is 2. The van der Waals surface area contributed by atoms with Gasteiger partial charge in [0.15, 0.2) is 5.78 Å². The summed E-state index contributed by atoms with van der Waals surface area (Å²) in [6.45, 7) is 5.80. The molecule has 0 N–H and O–H groups in total. The maximum atomic E-state index is 11.6. The van der Waals surface area contributed by atoms with E-state index in [1.54, 1.807) is 0 Å². The third-order valence-electron chi connectivity index (χ3n) is 2.22. The molecule has 0 saturated carbocycles. The summed E-state index contributed by atoms with van der Waals surface area (Å²) in [5.74, 6) is -0.0880. The Balaban J connectivity index is 3.20. The molecule has 0 spiro atoms. The van der Waals surface area contributed by atoms with E-state index < -0.39 is 0 Å². The van der Waals surface area contributed by atoms with E-state index in [2.05, 4.69) is 0 Å². The molecule has 0 atom stereocenters. The summed E-state index contributed by atoms with van der Waals surface area (Å²) >= 11 is 0. The van der Waals surface area contributed by atoms with Crippen LogP contribution in [0.3, 0.4) is 0 Å². The highest BCUT2D eigenvalue weighted by Crippen LogP contribution is 2.17. The standard InChI is InChI=1S/C12H14O2/c1-8-6-9(2)12(10(3)7-8)11(14)4-5-13/h5-7H,4H2,1-3H3. The molecule has 0 saturated heterocycles. The zero-order valence-corrected chi connectivity index (χ0v) is 8.76. The quantitative estimate of drug-likeness (QED) is 0.416. The maximum Gasteiger partial charge on any atom is 0.170 e. The molecule has 1 rings (SSSR count). The van der Waals surface area contributed by atoms with Crippen molar-refractivity contribution >= 4 is 12.1 Å². The highest BCUT2D eigenvalue weighted by Gasteiger charge is 2.11. The Bertz CT molecular complexity index is 355. The van der Waals surface area contributed by atoms with Gasteiger partial charge in [-0.2, -0.15) is 0 Å². The molecule has 0 radical (unpaired) electrons. The minimum absolute atomic E-state index is 0.0231. The van der Waals surface area contributed by atoms with Gasteiger partial charge >= 0.3 is 0 Å². The van der Waals surface area contributed by atoms with Gasteiger partial charge in [0, 0.05) is 5.56 Å². The van der Waals surface area contributed by atoms with Crippen LogP contribution in [-0.2, 0) is 4.79 Å². The third kappa shape index (κ3) is 2.08. The van der Waals surface area contributed by atoms with Crippen LogP contribution in [0.1, 0.15) is 33.5 Å². The normalized spacial score (nSPS) is 9.93. The van der Waals surface area contributed by atoms with E-state index in [0.29, 0.717) is 11.8 Å². The molecule has 0 fully saturated rings. The average molecular weight is 190 g/mol. The van der Waals surface area contributed by atoms with E-state index in [-0.39, 0.29) is 12.2 Å². The van der Waals surface area contributed by atoms with Gasteiger partial charge in [0.25, 0.3) is 0 Å². The van der Waals surface area contributed by atoms with Crippen molar-refractivity contribution < 1.29 is 9.59 Å². The molecular formula is C12H14O2. The lowest BCUT2D eigenvalue weighted by atomic mass is 9.95. The molecule has 74 valence electrons. The minimum Gasteiger partial charge on any atom is -0.303 e. The average Bonchev–Trinajstić information content (AvgIpc) is 2.01. The molecule has 0 heterocycles. The van der Waals surface area contributed by atoms with Crippen molar-refractivity contribution in [1.82, 2.24) is 0 Å². The van der Waals surface area contributed by atoms with Gasteiger partial charge in [0.2, 0.25) is 0 Å². The van der Waals surface area contributed by atoms with Crippen molar-refractivity contribution in [1.29, 1.82) is 0 Å². The third-order valence-corrected chi connectivity index (χ3v) is 2.22. The summed E-state index contributed by atoms with van der Waals surface area (Å²) in [6.07, 6.45) is 0.631. The lowest BCUT2D eigenvalue weighted by Gasteiger charge is -2.08. The van der Waals surface area contributed by atoms with Crippen LogP contribution in [0.2, 0.25) is 0 Å². The Labute approximate surface area is 83.9 Å². The lowest BCUT2D eigenvalue weighted by Crippen LogP contribution is -2.05. The van der Waals surface area contributed by atoms with E-state index in [4.69, 9.17) is 0 Å². The van der Waals surface area contributed by atoms with Gasteiger partial charge in [0.1, 0.15) is 6.29 Å². The predicted molar refractivity (Wildman–Crippen MR) is 55.7 cm³/mol. The van der Waals surface area contributed by atoms with Crippen LogP contribution >= 0.6 is 0 Å². The molecule has 1 aromatic rings. The van der Waals surface area contributed by atoms with Crippen molar-refractivity contribution in [2.75, 3.05) is 0 Å². The number of Topliss-reactive ketones (excluding diaryl/α,β-unsaturated/α-hetero) is 1. The number of aryl methyl sites for hydroxylation is 3. The van der Waals surface area contributed by atoms with Crippen LogP contribution in [0.25, 0.3) is 0 Å². The first-order chi connectivity index (χ1) is 6.56. The summed E-state index contributed by atoms with van der Waals surface area (Å²) < 4.78 is 0. The predicted octanol–water partition coefficient (Wildman–Crippen LogP) is 2.38. The summed E-state index contributed by atoms with van der Waals surface area (Å²) in [6, 6.07) is 3.93. The molecular weight excluding hydrogens is 176 g/mol. The largest absolute Gasteiger partial charge is 0.303 e. The van der Waals surface area contributed by atoms with Gasteiger partial charge in [-0.15, -0.1) is 0 Å². The number of rotatable bonds is 3. The Kier molecular flexibility index (Phi) is 3.18. The molecule has 14 heavy (non-hydrogen) atoms. The van der Waals surface area contributed by atoms with E-state index in [9.17, 15) is 9.59 Å². The molecule has 0 aliphatic heterocycles. The number of hydrogen-bond acceptors (Lipinski definition) is 2. The van der Waals surface area contributed by atoms with Crippen LogP contribution in [-0.4, -0.2) is 12.1 Å². The lowest BCUT2D eigenvalue weighted by molar-refractivity contribution is -0.107. The van der Waals surface area contributed by atoms with Gasteiger partial charge < -0.3 is 4.79 Å². The Morgan fingerprint density at radius 1 is 1.21 bits per heavy atom. The maximum absolute atomic E-state index is 11.6. The van der Waals surface area contributed by atoms with E-state index in [1.165, 1.54) is 0 Å². The summed E-state index contributed by atoms with van der Waals surface area (Å²) in [5, 5.41) is 0. The first kappa shape index (κ1) is 10.6. The van der Waals surface area contributed by atoms with Crippen LogP contribution in [0, 0.1) is 20.8 Å². The van der Waals surface area contributed by atoms with Crippen LogP contribution in [0.4, 0.5) is 0 Å². The molecule has 1 aromatic carbocycles. The van der Waals surface area contributed by atoms with Crippen LogP contribution in [0.15, 0.2) is 12.1 Å². The van der Waals surface area contributed by atoms with Crippen LogP contribution < -0.4 is 0 Å². The second-order valence-electron chi connectivity index (χ2n) is 3.57. The molecule has 0 aliphatic carbocycles. The number of carbonyl (C=O) groups excluding carboxylic acids is 2. The minimum atomic E-state index is -0.0880. The topological polar surface area (TPSA) is 34.1 Å². The summed E-state index contributed by atoms with van der Waals surface area (Å²) in [4.78, 5) is 21.8. The summed E-state index contributed by atoms with van der Waals surface area (Å²) in [7, 11) is 0. The number of aldehydes is 1. The highest BCUT2D eigenvalue weighted by molar-refractivity contribution is 6.04. The van der Waals surface area contributed by atoms with Gasteiger partial charge in [-0.1, -0.05) is 17.7 Å². The van der Waals surface area contributed by atoms with E-state index in [1.807, 2.05) is 32.9 Å². The number of ketones is 1. The Hall–Kier alpha value is -1.44. The highest BCUT2D eigenvalue weighted by atomic mass is 16.1. The van der Waals surface area contributed by atoms with Crippen molar-refractivity contribution in [2.24, 2.45) is 0 Å². The van der Waals surface area contributed by atoms with Crippen molar-refractivity contribution in [3.05, 3.63) is 34.4 Å². The zero-order valence-electron chi connectivity index (χ0n) is 8.76. The Morgan fingerprint density at radius 2 is 1.71 bits per heavy atom. The molecule has 0 aliphatic rings. The number of benzene rings is 1. The van der Waals surface area contributed by atoms with Crippen LogP contribution in [0.5, 0.6) is 0 Å². The zero-order chi connectivity index (χ0) is 10.7. The Morgan fingerprint density at radius 3 is 2.14 bits per heavy atom. The fourth-order valence-electron chi connectivity index (χ4n) is 1.80. The second-order valence-corrected chi connectivity index (χ2v) is 3.57. The molecule has 0 aromatic heterocycles. The van der Waals surface area contributed by atoms with E-state index in [0.717, 1.165) is 16.7 Å².